The van der Waals surface area contributed by atoms with Crippen molar-refractivity contribution in [2.24, 2.45) is 0 Å². The van der Waals surface area contributed by atoms with Crippen molar-refractivity contribution >= 4 is 0 Å². The first-order chi connectivity index (χ1) is 5.34. The Balaban J connectivity index is 2.70. The van der Waals surface area contributed by atoms with E-state index in [0.29, 0.717) is 6.61 Å². The summed E-state index contributed by atoms with van der Waals surface area (Å²) in [7, 11) is 0. The second kappa shape index (κ2) is 3.93. The summed E-state index contributed by atoms with van der Waals surface area (Å²) < 4.78 is 6.42. The van der Waals surface area contributed by atoms with Gasteiger partial charge in [0.15, 0.2) is 0 Å². The highest BCUT2D eigenvalue weighted by Crippen LogP contribution is 1.81. The van der Waals surface area contributed by atoms with Gasteiger partial charge >= 0.3 is 0 Å². The predicted octanol–water partition coefficient (Wildman–Crippen LogP) is 0.642. The van der Waals surface area contributed by atoms with Crippen LogP contribution in [0.4, 0.5) is 0 Å². The van der Waals surface area contributed by atoms with Crippen LogP contribution in [0.25, 0.3) is 0 Å². The quantitative estimate of drug-likeness (QED) is 0.636. The Bertz CT molecular complexity index is 267. The molecule has 59 valence electrons. The topological polar surface area (TPSA) is 31.2 Å². The SMILES string of the molecule is CCOCn1[c]cccc1=O. The van der Waals surface area contributed by atoms with Crippen molar-refractivity contribution in [3.05, 3.63) is 34.7 Å². The van der Waals surface area contributed by atoms with Crippen molar-refractivity contribution < 1.29 is 4.74 Å². The summed E-state index contributed by atoms with van der Waals surface area (Å²) >= 11 is 0. The molecule has 0 fully saturated rings. The van der Waals surface area contributed by atoms with Gasteiger partial charge in [-0.3, -0.25) is 9.36 Å². The van der Waals surface area contributed by atoms with E-state index in [-0.39, 0.29) is 12.3 Å². The second-order valence-corrected chi connectivity index (χ2v) is 2.04. The van der Waals surface area contributed by atoms with Gasteiger partial charge in [-0.2, -0.15) is 0 Å². The van der Waals surface area contributed by atoms with Crippen molar-refractivity contribution in [2.45, 2.75) is 13.7 Å². The summed E-state index contributed by atoms with van der Waals surface area (Å²) in [4.78, 5) is 11.0. The maximum absolute atomic E-state index is 11.0. The van der Waals surface area contributed by atoms with Crippen LogP contribution in [0.1, 0.15) is 6.92 Å². The normalized spacial score (nSPS) is 9.91. The zero-order valence-electron chi connectivity index (χ0n) is 6.41. The molecule has 0 saturated heterocycles. The van der Waals surface area contributed by atoms with Crippen LogP contribution in [0.3, 0.4) is 0 Å². The zero-order chi connectivity index (χ0) is 8.10. The van der Waals surface area contributed by atoms with Gasteiger partial charge in [-0.05, 0) is 13.0 Å². The molecule has 0 aliphatic rings. The molecule has 0 atom stereocenters. The van der Waals surface area contributed by atoms with Gasteiger partial charge in [-0.1, -0.05) is 6.07 Å². The fourth-order valence-corrected chi connectivity index (χ4v) is 0.700. The van der Waals surface area contributed by atoms with Crippen molar-refractivity contribution in [1.29, 1.82) is 0 Å². The Morgan fingerprint density at radius 1 is 1.73 bits per heavy atom. The summed E-state index contributed by atoms with van der Waals surface area (Å²) in [5, 5.41) is 0. The molecule has 0 unspecified atom stereocenters. The molecule has 3 heteroatoms. The lowest BCUT2D eigenvalue weighted by Crippen LogP contribution is -2.19. The van der Waals surface area contributed by atoms with Crippen molar-refractivity contribution in [3.63, 3.8) is 0 Å². The van der Waals surface area contributed by atoms with Crippen LogP contribution in [0.2, 0.25) is 0 Å². The van der Waals surface area contributed by atoms with Crippen LogP contribution in [0, 0.1) is 6.20 Å². The van der Waals surface area contributed by atoms with E-state index < -0.39 is 0 Å². The lowest BCUT2D eigenvalue weighted by molar-refractivity contribution is 0.0848. The molecule has 3 nitrogen and oxygen atoms in total. The van der Waals surface area contributed by atoms with Gasteiger partial charge in [0.05, 0.1) is 6.20 Å². The van der Waals surface area contributed by atoms with Gasteiger partial charge in [-0.15, -0.1) is 0 Å². The molecule has 1 aromatic heterocycles. The van der Waals surface area contributed by atoms with E-state index in [2.05, 4.69) is 6.20 Å². The van der Waals surface area contributed by atoms with Crippen LogP contribution in [-0.4, -0.2) is 11.2 Å². The van der Waals surface area contributed by atoms with Gasteiger partial charge in [0.2, 0.25) is 0 Å². The minimum absolute atomic E-state index is 0.0825. The highest BCUT2D eigenvalue weighted by molar-refractivity contribution is 4.91. The van der Waals surface area contributed by atoms with E-state index in [4.69, 9.17) is 4.74 Å². The predicted molar refractivity (Wildman–Crippen MR) is 41.2 cm³/mol. The maximum atomic E-state index is 11.0. The second-order valence-electron chi connectivity index (χ2n) is 2.04. The highest BCUT2D eigenvalue weighted by Gasteiger charge is 1.90. The Morgan fingerprint density at radius 3 is 3.18 bits per heavy atom. The van der Waals surface area contributed by atoms with Crippen LogP contribution in [-0.2, 0) is 11.5 Å². The number of hydrogen-bond acceptors (Lipinski definition) is 2. The Kier molecular flexibility index (Phi) is 2.86. The van der Waals surface area contributed by atoms with E-state index in [1.165, 1.54) is 10.6 Å². The number of nitrogens with zero attached hydrogens (tertiary/aromatic N) is 1. The number of aromatic nitrogens is 1. The van der Waals surface area contributed by atoms with E-state index in [0.717, 1.165) is 0 Å². The third kappa shape index (κ3) is 2.20. The van der Waals surface area contributed by atoms with Gasteiger partial charge in [0, 0.05) is 12.7 Å². The Morgan fingerprint density at radius 2 is 2.55 bits per heavy atom. The van der Waals surface area contributed by atoms with E-state index in [1.807, 2.05) is 6.92 Å². The van der Waals surface area contributed by atoms with Gasteiger partial charge in [0.1, 0.15) is 6.73 Å². The molecule has 1 rings (SSSR count). The van der Waals surface area contributed by atoms with Gasteiger partial charge < -0.3 is 4.74 Å². The zero-order valence-corrected chi connectivity index (χ0v) is 6.41. The summed E-state index contributed by atoms with van der Waals surface area (Å²) in [6.45, 7) is 2.78. The molecule has 0 saturated carbocycles. The fourth-order valence-electron chi connectivity index (χ4n) is 0.700. The first-order valence-corrected chi connectivity index (χ1v) is 3.50. The third-order valence-corrected chi connectivity index (χ3v) is 1.26. The lowest BCUT2D eigenvalue weighted by atomic mass is 10.5. The van der Waals surface area contributed by atoms with Crippen LogP contribution < -0.4 is 5.56 Å². The summed E-state index contributed by atoms with van der Waals surface area (Å²) in [6, 6.07) is 4.82. The van der Waals surface area contributed by atoms with Crippen LogP contribution in [0.5, 0.6) is 0 Å². The Labute approximate surface area is 65.2 Å². The Hall–Kier alpha value is -1.09. The molecule has 0 aliphatic carbocycles. The summed E-state index contributed by atoms with van der Waals surface area (Å²) in [5.41, 5.74) is -0.0825. The average molecular weight is 152 g/mol. The van der Waals surface area contributed by atoms with Gasteiger partial charge in [-0.25, -0.2) is 0 Å². The molecular formula is C8H10NO2. The molecule has 1 radical (unpaired) electrons. The molecule has 1 aromatic rings. The molecule has 0 spiro atoms. The minimum atomic E-state index is -0.0825. The number of ether oxygens (including phenoxy) is 1. The molecule has 0 amide bonds. The molecule has 1 heterocycles. The van der Waals surface area contributed by atoms with Crippen molar-refractivity contribution in [2.75, 3.05) is 6.61 Å². The smallest absolute Gasteiger partial charge is 0.252 e. The molecule has 0 aromatic carbocycles. The standard InChI is InChI=1S/C8H10NO2/c1-2-11-7-9-6-4-3-5-8(9)10/h3-5H,2,7H2,1H3. The fraction of sp³-hybridized carbons (Fsp3) is 0.375. The monoisotopic (exact) mass is 152 g/mol. The van der Waals surface area contributed by atoms with Crippen molar-refractivity contribution in [3.8, 4) is 0 Å². The summed E-state index contributed by atoms with van der Waals surface area (Å²) in [6.07, 6.45) is 2.75. The molecule has 0 aliphatic heterocycles. The van der Waals surface area contributed by atoms with E-state index in [9.17, 15) is 4.79 Å². The van der Waals surface area contributed by atoms with Crippen molar-refractivity contribution in [1.82, 2.24) is 4.57 Å². The van der Waals surface area contributed by atoms with Gasteiger partial charge in [0.25, 0.3) is 5.56 Å². The maximum Gasteiger partial charge on any atom is 0.252 e. The number of rotatable bonds is 3. The van der Waals surface area contributed by atoms with Crippen LogP contribution in [0.15, 0.2) is 23.0 Å². The van der Waals surface area contributed by atoms with E-state index >= 15 is 0 Å². The first kappa shape index (κ1) is 8.01. The minimum Gasteiger partial charge on any atom is -0.361 e. The first-order valence-electron chi connectivity index (χ1n) is 3.50. The van der Waals surface area contributed by atoms with Crippen LogP contribution >= 0.6 is 0 Å². The number of pyridine rings is 1. The molecule has 0 bridgehead atoms. The largest absolute Gasteiger partial charge is 0.361 e. The molecular weight excluding hydrogens is 142 g/mol. The molecule has 0 N–H and O–H groups in total. The van der Waals surface area contributed by atoms with E-state index in [1.54, 1.807) is 12.1 Å². The summed E-state index contributed by atoms with van der Waals surface area (Å²) in [5.74, 6) is 0. The number of hydrogen-bond donors (Lipinski definition) is 0. The average Bonchev–Trinajstić information content (AvgIpc) is 2.03. The third-order valence-electron chi connectivity index (χ3n) is 1.26. The molecule has 11 heavy (non-hydrogen) atoms. The highest BCUT2D eigenvalue weighted by atomic mass is 16.5. The lowest BCUT2D eigenvalue weighted by Gasteiger charge is -2.02.